The maximum absolute atomic E-state index is 11.4. The molecule has 1 heterocycles. The number of hydrogen-bond donors (Lipinski definition) is 1. The van der Waals surface area contributed by atoms with E-state index >= 15 is 0 Å². The second-order valence-corrected chi connectivity index (χ2v) is 3.96. The number of rotatable bonds is 3. The third-order valence-electron chi connectivity index (χ3n) is 1.47. The molecule has 0 amide bonds. The molecule has 6 heteroatoms. The summed E-state index contributed by atoms with van der Waals surface area (Å²) in [5, 5.41) is 0.501. The van der Waals surface area contributed by atoms with Crippen molar-refractivity contribution in [3.63, 3.8) is 0 Å². The molecule has 0 atom stereocenters. The average molecular weight is 230 g/mol. The fourth-order valence-corrected chi connectivity index (χ4v) is 1.87. The van der Waals surface area contributed by atoms with E-state index in [9.17, 15) is 4.79 Å². The van der Waals surface area contributed by atoms with Gasteiger partial charge in [0.05, 0.1) is 12.3 Å². The van der Waals surface area contributed by atoms with E-state index in [1.807, 2.05) is 0 Å². The van der Waals surface area contributed by atoms with Gasteiger partial charge in [0, 0.05) is 0 Å². The van der Waals surface area contributed by atoms with Crippen LogP contribution in [0.2, 0.25) is 0 Å². The Balaban J connectivity index is 2.98. The maximum atomic E-state index is 11.4. The quantitative estimate of drug-likeness (QED) is 0.625. The molecule has 1 rings (SSSR count). The van der Waals surface area contributed by atoms with Crippen LogP contribution in [0.1, 0.15) is 27.3 Å². The highest BCUT2D eigenvalue weighted by Gasteiger charge is 2.16. The molecule has 1 aromatic rings. The molecule has 0 aliphatic rings. The summed E-state index contributed by atoms with van der Waals surface area (Å²) >= 11 is 5.92. The van der Waals surface area contributed by atoms with Crippen LogP contribution >= 0.6 is 23.6 Å². The van der Waals surface area contributed by atoms with Crippen molar-refractivity contribution in [1.29, 1.82) is 0 Å². The molecule has 0 bridgehead atoms. The Kier molecular flexibility index (Phi) is 3.54. The fraction of sp³-hybridized carbons (Fsp3) is 0.375. The first kappa shape index (κ1) is 11.1. The minimum Gasteiger partial charge on any atom is -0.462 e. The van der Waals surface area contributed by atoms with E-state index in [1.54, 1.807) is 13.8 Å². The lowest BCUT2D eigenvalue weighted by Crippen LogP contribution is -2.08. The summed E-state index contributed by atoms with van der Waals surface area (Å²) in [7, 11) is 0. The molecular formula is C8H10N2O2S2. The van der Waals surface area contributed by atoms with Gasteiger partial charge < -0.3 is 10.5 Å². The minimum atomic E-state index is -0.370. The van der Waals surface area contributed by atoms with Crippen LogP contribution in [0.4, 0.5) is 0 Å². The summed E-state index contributed by atoms with van der Waals surface area (Å²) in [5.74, 6) is -0.370. The van der Waals surface area contributed by atoms with Gasteiger partial charge in [0.1, 0.15) is 9.87 Å². The fourth-order valence-electron chi connectivity index (χ4n) is 0.888. The lowest BCUT2D eigenvalue weighted by molar-refractivity contribution is 0.0531. The van der Waals surface area contributed by atoms with E-state index in [0.717, 1.165) is 11.3 Å². The molecule has 14 heavy (non-hydrogen) atoms. The Morgan fingerprint density at radius 3 is 2.79 bits per heavy atom. The van der Waals surface area contributed by atoms with Gasteiger partial charge in [-0.2, -0.15) is 0 Å². The van der Waals surface area contributed by atoms with Crippen molar-refractivity contribution in [3.8, 4) is 0 Å². The zero-order chi connectivity index (χ0) is 10.7. The summed E-state index contributed by atoms with van der Waals surface area (Å²) in [4.78, 5) is 16.1. The second kappa shape index (κ2) is 4.47. The number of thiocarbonyl (C=S) groups is 1. The van der Waals surface area contributed by atoms with E-state index in [-0.39, 0.29) is 11.0 Å². The predicted molar refractivity (Wildman–Crippen MR) is 58.7 cm³/mol. The molecule has 76 valence electrons. The molecule has 0 saturated heterocycles. The van der Waals surface area contributed by atoms with Crippen LogP contribution in [0.5, 0.6) is 0 Å². The van der Waals surface area contributed by atoms with Crippen molar-refractivity contribution in [2.75, 3.05) is 6.61 Å². The zero-order valence-electron chi connectivity index (χ0n) is 7.86. The number of hydrogen-bond acceptors (Lipinski definition) is 5. The monoisotopic (exact) mass is 230 g/mol. The molecule has 0 aliphatic carbocycles. The third-order valence-corrected chi connectivity index (χ3v) is 2.96. The van der Waals surface area contributed by atoms with Crippen molar-refractivity contribution in [1.82, 2.24) is 4.98 Å². The van der Waals surface area contributed by atoms with Crippen LogP contribution in [0.3, 0.4) is 0 Å². The Morgan fingerprint density at radius 2 is 2.36 bits per heavy atom. The topological polar surface area (TPSA) is 65.2 Å². The lowest BCUT2D eigenvalue weighted by Gasteiger charge is -1.97. The summed E-state index contributed by atoms with van der Waals surface area (Å²) in [6, 6.07) is 0. The highest BCUT2D eigenvalue weighted by Crippen LogP contribution is 2.18. The summed E-state index contributed by atoms with van der Waals surface area (Å²) < 4.78 is 4.85. The van der Waals surface area contributed by atoms with Crippen molar-refractivity contribution in [3.05, 3.63) is 15.6 Å². The summed E-state index contributed by atoms with van der Waals surface area (Å²) in [6.45, 7) is 3.83. The van der Waals surface area contributed by atoms with Crippen LogP contribution in [-0.2, 0) is 4.74 Å². The van der Waals surface area contributed by atoms with Gasteiger partial charge in [0.15, 0.2) is 5.01 Å². The van der Waals surface area contributed by atoms with Gasteiger partial charge in [-0.1, -0.05) is 12.2 Å². The van der Waals surface area contributed by atoms with Gasteiger partial charge in [0.2, 0.25) is 0 Å². The van der Waals surface area contributed by atoms with Gasteiger partial charge in [-0.05, 0) is 13.8 Å². The Bertz CT molecular complexity index is 373. The number of aryl methyl sites for hydroxylation is 1. The summed E-state index contributed by atoms with van der Waals surface area (Å²) in [6.07, 6.45) is 0. The van der Waals surface area contributed by atoms with Gasteiger partial charge in [-0.3, -0.25) is 0 Å². The van der Waals surface area contributed by atoms with Gasteiger partial charge in [-0.15, -0.1) is 11.3 Å². The number of ether oxygens (including phenoxy) is 1. The number of nitrogens with two attached hydrogens (primary N) is 1. The third kappa shape index (κ3) is 2.27. The molecule has 0 saturated carbocycles. The van der Waals surface area contributed by atoms with Crippen molar-refractivity contribution in [2.24, 2.45) is 5.73 Å². The molecule has 2 N–H and O–H groups in total. The first-order chi connectivity index (χ1) is 6.56. The van der Waals surface area contributed by atoms with Crippen molar-refractivity contribution < 1.29 is 9.53 Å². The molecule has 0 unspecified atom stereocenters. The molecule has 0 spiro atoms. The minimum absolute atomic E-state index is 0.202. The Hall–Kier alpha value is -1.01. The molecule has 0 fully saturated rings. The maximum Gasteiger partial charge on any atom is 0.350 e. The normalized spacial score (nSPS) is 9.86. The Morgan fingerprint density at radius 1 is 1.71 bits per heavy atom. The number of thiazole rings is 1. The van der Waals surface area contributed by atoms with E-state index in [0.29, 0.717) is 22.2 Å². The van der Waals surface area contributed by atoms with E-state index in [1.165, 1.54) is 0 Å². The molecule has 0 radical (unpaired) electrons. The van der Waals surface area contributed by atoms with Crippen LogP contribution in [-0.4, -0.2) is 22.5 Å². The van der Waals surface area contributed by atoms with Crippen molar-refractivity contribution >= 4 is 34.5 Å². The molecule has 1 aromatic heterocycles. The Labute approximate surface area is 91.1 Å². The van der Waals surface area contributed by atoms with Gasteiger partial charge >= 0.3 is 5.97 Å². The van der Waals surface area contributed by atoms with Crippen LogP contribution in [0.25, 0.3) is 0 Å². The summed E-state index contributed by atoms with van der Waals surface area (Å²) in [5.41, 5.74) is 6.00. The SMILES string of the molecule is CCOC(=O)c1sc(C(N)=S)nc1C. The van der Waals surface area contributed by atoms with E-state index < -0.39 is 0 Å². The number of carbonyl (C=O) groups excluding carboxylic acids is 1. The number of esters is 1. The average Bonchev–Trinajstić information content (AvgIpc) is 2.48. The smallest absolute Gasteiger partial charge is 0.350 e. The molecule has 0 aromatic carbocycles. The van der Waals surface area contributed by atoms with Crippen molar-refractivity contribution in [2.45, 2.75) is 13.8 Å². The van der Waals surface area contributed by atoms with Gasteiger partial charge in [0.25, 0.3) is 0 Å². The first-order valence-corrected chi connectivity index (χ1v) is 5.23. The highest BCUT2D eigenvalue weighted by molar-refractivity contribution is 7.81. The number of aromatic nitrogens is 1. The van der Waals surface area contributed by atoms with Gasteiger partial charge in [-0.25, -0.2) is 9.78 Å². The molecule has 4 nitrogen and oxygen atoms in total. The predicted octanol–water partition coefficient (Wildman–Crippen LogP) is 1.26. The van der Waals surface area contributed by atoms with E-state index in [2.05, 4.69) is 4.98 Å². The largest absolute Gasteiger partial charge is 0.462 e. The van der Waals surface area contributed by atoms with E-state index in [4.69, 9.17) is 22.7 Å². The van der Waals surface area contributed by atoms with Crippen LogP contribution in [0.15, 0.2) is 0 Å². The zero-order valence-corrected chi connectivity index (χ0v) is 9.50. The van der Waals surface area contributed by atoms with Crippen LogP contribution < -0.4 is 5.73 Å². The second-order valence-electron chi connectivity index (χ2n) is 2.52. The first-order valence-electron chi connectivity index (χ1n) is 4.00. The lowest BCUT2D eigenvalue weighted by atomic mass is 10.4. The number of carbonyl (C=O) groups is 1. The standard InChI is InChI=1S/C8H10N2O2S2/c1-3-12-8(11)5-4(2)10-7(14-5)6(9)13/h3H2,1-2H3,(H2,9,13). The number of nitrogens with zero attached hydrogens (tertiary/aromatic N) is 1. The van der Waals surface area contributed by atoms with Crippen LogP contribution in [0, 0.1) is 6.92 Å². The highest BCUT2D eigenvalue weighted by atomic mass is 32.1. The molecule has 0 aliphatic heterocycles. The molecular weight excluding hydrogens is 220 g/mol.